The molecule has 1 saturated carbocycles. The molecule has 1 aliphatic carbocycles. The van der Waals surface area contributed by atoms with Gasteiger partial charge in [-0.25, -0.2) is 9.97 Å². The monoisotopic (exact) mass is 374 g/mol. The van der Waals surface area contributed by atoms with Gasteiger partial charge in [0.05, 0.1) is 12.2 Å². The molecule has 28 heavy (non-hydrogen) atoms. The van der Waals surface area contributed by atoms with Crippen LogP contribution >= 0.6 is 0 Å². The summed E-state index contributed by atoms with van der Waals surface area (Å²) in [6.07, 6.45) is 15.5. The SMILES string of the molecule is c1cn2cc(-c3c[nH]c4nc(N[C@H]5CC[C@@]6(CCO6)CC5)ncc34)ccc2n1. The maximum Gasteiger partial charge on any atom is 0.224 e. The molecule has 2 aliphatic rings. The number of ether oxygens (including phenoxy) is 1. The molecular formula is C21H22N6O. The van der Waals surface area contributed by atoms with Crippen molar-refractivity contribution in [2.45, 2.75) is 43.7 Å². The summed E-state index contributed by atoms with van der Waals surface area (Å²) in [6.45, 7) is 0.931. The van der Waals surface area contributed by atoms with Crippen molar-refractivity contribution in [3.8, 4) is 11.1 Å². The van der Waals surface area contributed by atoms with Crippen LogP contribution in [0, 0.1) is 0 Å². The molecule has 0 radical (unpaired) electrons. The van der Waals surface area contributed by atoms with Gasteiger partial charge in [-0.2, -0.15) is 4.98 Å². The number of pyridine rings is 1. The fourth-order valence-corrected chi connectivity index (χ4v) is 4.55. The summed E-state index contributed by atoms with van der Waals surface area (Å²) in [5, 5.41) is 4.54. The Hall–Kier alpha value is -2.93. The van der Waals surface area contributed by atoms with Crippen LogP contribution in [-0.4, -0.2) is 42.6 Å². The molecule has 7 heteroatoms. The lowest BCUT2D eigenvalue weighted by Crippen LogP contribution is -2.48. The van der Waals surface area contributed by atoms with Crippen LogP contribution in [-0.2, 0) is 4.74 Å². The molecule has 4 aromatic rings. The number of imidazole rings is 1. The van der Waals surface area contributed by atoms with Gasteiger partial charge < -0.3 is 19.4 Å². The normalized spacial score (nSPS) is 24.6. The van der Waals surface area contributed by atoms with E-state index in [0.717, 1.165) is 60.1 Å². The number of aromatic nitrogens is 5. The summed E-state index contributed by atoms with van der Waals surface area (Å²) in [5.74, 6) is 0.696. The molecule has 142 valence electrons. The van der Waals surface area contributed by atoms with Crippen LogP contribution < -0.4 is 5.32 Å². The van der Waals surface area contributed by atoms with Crippen LogP contribution in [0.2, 0.25) is 0 Å². The summed E-state index contributed by atoms with van der Waals surface area (Å²) in [6, 6.07) is 4.52. The highest BCUT2D eigenvalue weighted by Crippen LogP contribution is 2.41. The average Bonchev–Trinajstić information content (AvgIpc) is 3.33. The Morgan fingerprint density at radius 2 is 2.07 bits per heavy atom. The first-order chi connectivity index (χ1) is 13.8. The van der Waals surface area contributed by atoms with Gasteiger partial charge in [-0.1, -0.05) is 0 Å². The van der Waals surface area contributed by atoms with Crippen molar-refractivity contribution in [2.75, 3.05) is 11.9 Å². The summed E-state index contributed by atoms with van der Waals surface area (Å²) in [5.41, 5.74) is 4.19. The number of nitrogens with one attached hydrogen (secondary N) is 2. The molecule has 0 amide bonds. The molecule has 7 nitrogen and oxygen atoms in total. The Balaban J connectivity index is 1.24. The Morgan fingerprint density at radius 3 is 2.89 bits per heavy atom. The second kappa shape index (κ2) is 6.04. The first-order valence-electron chi connectivity index (χ1n) is 9.96. The molecule has 1 spiro atoms. The fourth-order valence-electron chi connectivity index (χ4n) is 4.55. The minimum absolute atomic E-state index is 0.188. The molecular weight excluding hydrogens is 352 g/mol. The smallest absolute Gasteiger partial charge is 0.224 e. The van der Waals surface area contributed by atoms with Gasteiger partial charge in [0.1, 0.15) is 11.3 Å². The fraction of sp³-hybridized carbons (Fsp3) is 0.381. The number of rotatable bonds is 3. The van der Waals surface area contributed by atoms with Crippen molar-refractivity contribution in [3.05, 3.63) is 43.1 Å². The lowest BCUT2D eigenvalue weighted by atomic mass is 9.77. The van der Waals surface area contributed by atoms with Gasteiger partial charge in [0.25, 0.3) is 0 Å². The number of anilines is 1. The van der Waals surface area contributed by atoms with Gasteiger partial charge in [-0.05, 0) is 44.2 Å². The van der Waals surface area contributed by atoms with Crippen molar-refractivity contribution < 1.29 is 4.74 Å². The second-order valence-electron chi connectivity index (χ2n) is 7.97. The zero-order valence-corrected chi connectivity index (χ0v) is 15.6. The standard InChI is InChI=1S/C21H22N6O/c1-2-18-22-8-9-27(18)13-14(1)16-11-23-19-17(16)12-24-20(26-19)25-15-3-5-21(6-4-15)7-10-28-21/h1-2,8-9,11-13,15H,3-7,10H2,(H2,23,24,25,26)/t15-,21-. The van der Waals surface area contributed by atoms with Crippen LogP contribution in [0.1, 0.15) is 32.1 Å². The van der Waals surface area contributed by atoms with Gasteiger partial charge >= 0.3 is 0 Å². The van der Waals surface area contributed by atoms with E-state index in [1.807, 2.05) is 29.1 Å². The Kier molecular flexibility index (Phi) is 3.46. The van der Waals surface area contributed by atoms with Gasteiger partial charge in [0, 0.05) is 53.5 Å². The molecule has 6 rings (SSSR count). The molecule has 2 fully saturated rings. The zero-order chi connectivity index (χ0) is 18.6. The summed E-state index contributed by atoms with van der Waals surface area (Å²) in [4.78, 5) is 16.9. The summed E-state index contributed by atoms with van der Waals surface area (Å²) >= 11 is 0. The maximum absolute atomic E-state index is 5.81. The van der Waals surface area contributed by atoms with Crippen LogP contribution in [0.3, 0.4) is 0 Å². The van der Waals surface area contributed by atoms with E-state index in [1.54, 1.807) is 6.20 Å². The van der Waals surface area contributed by atoms with Gasteiger partial charge in [-0.3, -0.25) is 0 Å². The molecule has 1 saturated heterocycles. The van der Waals surface area contributed by atoms with Crippen molar-refractivity contribution in [2.24, 2.45) is 0 Å². The molecule has 0 bridgehead atoms. The van der Waals surface area contributed by atoms with E-state index in [0.29, 0.717) is 12.0 Å². The number of nitrogens with zero attached hydrogens (tertiary/aromatic N) is 4. The van der Waals surface area contributed by atoms with Gasteiger partial charge in [0.2, 0.25) is 5.95 Å². The van der Waals surface area contributed by atoms with Crippen molar-refractivity contribution in [1.82, 2.24) is 24.3 Å². The number of aromatic amines is 1. The van der Waals surface area contributed by atoms with Crippen molar-refractivity contribution in [1.29, 1.82) is 0 Å². The Bertz CT molecular complexity index is 1150. The number of H-pyrrole nitrogens is 1. The third-order valence-corrected chi connectivity index (χ3v) is 6.33. The number of hydrogen-bond donors (Lipinski definition) is 2. The van der Waals surface area contributed by atoms with E-state index in [2.05, 4.69) is 32.5 Å². The van der Waals surface area contributed by atoms with Crippen LogP contribution in [0.15, 0.2) is 43.1 Å². The van der Waals surface area contributed by atoms with E-state index in [4.69, 9.17) is 9.72 Å². The lowest BCUT2D eigenvalue weighted by molar-refractivity contribution is -0.165. The molecule has 1 aliphatic heterocycles. The molecule has 0 atom stereocenters. The van der Waals surface area contributed by atoms with E-state index in [-0.39, 0.29) is 5.60 Å². The van der Waals surface area contributed by atoms with Crippen molar-refractivity contribution >= 4 is 22.6 Å². The van der Waals surface area contributed by atoms with Crippen LogP contribution in [0.5, 0.6) is 0 Å². The average molecular weight is 374 g/mol. The molecule has 4 aromatic heterocycles. The largest absolute Gasteiger partial charge is 0.375 e. The first kappa shape index (κ1) is 16.1. The van der Waals surface area contributed by atoms with E-state index >= 15 is 0 Å². The number of hydrogen-bond acceptors (Lipinski definition) is 5. The molecule has 0 unspecified atom stereocenters. The predicted octanol–water partition coefficient (Wildman–Crippen LogP) is 3.79. The summed E-state index contributed by atoms with van der Waals surface area (Å²) < 4.78 is 7.83. The molecule has 5 heterocycles. The van der Waals surface area contributed by atoms with Crippen molar-refractivity contribution in [3.63, 3.8) is 0 Å². The van der Waals surface area contributed by atoms with E-state index < -0.39 is 0 Å². The third-order valence-electron chi connectivity index (χ3n) is 6.33. The molecule has 0 aromatic carbocycles. The van der Waals surface area contributed by atoms with Crippen LogP contribution in [0.4, 0.5) is 5.95 Å². The zero-order valence-electron chi connectivity index (χ0n) is 15.6. The quantitative estimate of drug-likeness (QED) is 0.570. The second-order valence-corrected chi connectivity index (χ2v) is 7.97. The van der Waals surface area contributed by atoms with E-state index in [1.165, 1.54) is 6.42 Å². The minimum Gasteiger partial charge on any atom is -0.375 e. The van der Waals surface area contributed by atoms with Crippen LogP contribution in [0.25, 0.3) is 27.8 Å². The number of fused-ring (bicyclic) bond motifs is 2. The minimum atomic E-state index is 0.188. The van der Waals surface area contributed by atoms with E-state index in [9.17, 15) is 0 Å². The molecule has 2 N–H and O–H groups in total. The predicted molar refractivity (Wildman–Crippen MR) is 107 cm³/mol. The highest BCUT2D eigenvalue weighted by molar-refractivity contribution is 5.93. The first-order valence-corrected chi connectivity index (χ1v) is 9.96. The van der Waals surface area contributed by atoms with Gasteiger partial charge in [0.15, 0.2) is 0 Å². The third kappa shape index (κ3) is 2.57. The highest BCUT2D eigenvalue weighted by Gasteiger charge is 2.41. The highest BCUT2D eigenvalue weighted by atomic mass is 16.5. The Labute approximate surface area is 162 Å². The summed E-state index contributed by atoms with van der Waals surface area (Å²) in [7, 11) is 0. The maximum atomic E-state index is 5.81. The Morgan fingerprint density at radius 1 is 1.18 bits per heavy atom. The lowest BCUT2D eigenvalue weighted by Gasteiger charge is -2.46. The topological polar surface area (TPSA) is 80.1 Å². The van der Waals surface area contributed by atoms with Gasteiger partial charge in [-0.15, -0.1) is 0 Å².